The summed E-state index contributed by atoms with van der Waals surface area (Å²) in [6, 6.07) is 10.2. The molecule has 0 spiro atoms. The number of rotatable bonds is 7. The second kappa shape index (κ2) is 10.6. The molecule has 2 N–H and O–H groups in total. The number of aromatic nitrogens is 2. The fraction of sp³-hybridized carbons (Fsp3) is 0.444. The standard InChI is InChI=1S/C27H33FN4O4/c1-17-4-9-22-23(32(17)27(33)35-3)11-10-21(26(22)36-20-7-5-19(28)6-8-20)18-14-30-31(16-18)24-12-13-29-15-25(24)34-2/h5-8,10-11,14,16-17,24-25,27,29,33H,4,9,12-13,15H2,1-3H3/t17-,24?,25?,27?/m0/s1. The molecule has 8 nitrogen and oxygen atoms in total. The first-order valence-electron chi connectivity index (χ1n) is 12.4. The van der Waals surface area contributed by atoms with Gasteiger partial charge in [0, 0.05) is 55.4 Å². The van der Waals surface area contributed by atoms with E-state index in [9.17, 15) is 9.50 Å². The van der Waals surface area contributed by atoms with Crippen LogP contribution in [0.2, 0.25) is 0 Å². The number of benzene rings is 2. The van der Waals surface area contributed by atoms with Crippen LogP contribution >= 0.6 is 0 Å². The van der Waals surface area contributed by atoms with Crippen LogP contribution in [-0.4, -0.2) is 60.8 Å². The van der Waals surface area contributed by atoms with Gasteiger partial charge in [0.2, 0.25) is 6.41 Å². The van der Waals surface area contributed by atoms with Gasteiger partial charge in [0.25, 0.3) is 0 Å². The Labute approximate surface area is 210 Å². The van der Waals surface area contributed by atoms with Crippen molar-refractivity contribution in [1.82, 2.24) is 15.1 Å². The topological polar surface area (TPSA) is 81.0 Å². The molecule has 5 rings (SSSR count). The molecule has 0 saturated carbocycles. The maximum atomic E-state index is 13.6. The van der Waals surface area contributed by atoms with Gasteiger partial charge in [-0.1, -0.05) is 0 Å². The van der Waals surface area contributed by atoms with Gasteiger partial charge in [-0.3, -0.25) is 4.68 Å². The van der Waals surface area contributed by atoms with E-state index in [1.165, 1.54) is 19.2 Å². The van der Waals surface area contributed by atoms with E-state index in [0.29, 0.717) is 11.5 Å². The van der Waals surface area contributed by atoms with Crippen LogP contribution in [0.25, 0.3) is 11.1 Å². The molecule has 192 valence electrons. The minimum Gasteiger partial charge on any atom is -0.456 e. The van der Waals surface area contributed by atoms with E-state index in [1.807, 2.05) is 34.1 Å². The van der Waals surface area contributed by atoms with Gasteiger partial charge in [-0.15, -0.1) is 0 Å². The van der Waals surface area contributed by atoms with Crippen molar-refractivity contribution in [2.24, 2.45) is 0 Å². The number of methoxy groups -OCH3 is 2. The van der Waals surface area contributed by atoms with Crippen molar-refractivity contribution in [2.45, 2.75) is 50.8 Å². The zero-order valence-electron chi connectivity index (χ0n) is 20.9. The molecular weight excluding hydrogens is 463 g/mol. The van der Waals surface area contributed by atoms with Crippen LogP contribution < -0.4 is 15.0 Å². The highest BCUT2D eigenvalue weighted by Gasteiger charge is 2.32. The number of piperidine rings is 1. The zero-order chi connectivity index (χ0) is 25.2. The molecule has 3 unspecified atom stereocenters. The first-order chi connectivity index (χ1) is 17.5. The van der Waals surface area contributed by atoms with Crippen molar-refractivity contribution in [3.8, 4) is 22.6 Å². The Hall–Kier alpha value is -2.98. The predicted molar refractivity (Wildman–Crippen MR) is 135 cm³/mol. The maximum Gasteiger partial charge on any atom is 0.237 e. The number of fused-ring (bicyclic) bond motifs is 1. The van der Waals surface area contributed by atoms with Crippen LogP contribution in [0.4, 0.5) is 10.1 Å². The molecule has 2 aromatic carbocycles. The average Bonchev–Trinajstić information content (AvgIpc) is 3.39. The molecule has 1 aromatic heterocycles. The molecule has 0 amide bonds. The number of halogens is 1. The summed E-state index contributed by atoms with van der Waals surface area (Å²) in [5.41, 5.74) is 3.62. The monoisotopic (exact) mass is 496 g/mol. The van der Waals surface area contributed by atoms with Crippen LogP contribution in [0.1, 0.15) is 31.4 Å². The maximum absolute atomic E-state index is 13.6. The lowest BCUT2D eigenvalue weighted by atomic mass is 9.92. The molecule has 36 heavy (non-hydrogen) atoms. The normalized spacial score (nSPS) is 22.8. The Kier molecular flexibility index (Phi) is 7.25. The molecule has 2 aliphatic heterocycles. The van der Waals surface area contributed by atoms with Crippen LogP contribution in [0.5, 0.6) is 11.5 Å². The van der Waals surface area contributed by atoms with Crippen molar-refractivity contribution < 1.29 is 23.7 Å². The Morgan fingerprint density at radius 1 is 1.14 bits per heavy atom. The molecule has 9 heteroatoms. The Morgan fingerprint density at radius 2 is 1.94 bits per heavy atom. The van der Waals surface area contributed by atoms with Gasteiger partial charge in [-0.05, 0) is 69.1 Å². The minimum atomic E-state index is -1.07. The molecule has 2 aliphatic rings. The van der Waals surface area contributed by atoms with Crippen molar-refractivity contribution in [3.05, 3.63) is 60.2 Å². The molecule has 3 aromatic rings. The van der Waals surface area contributed by atoms with Gasteiger partial charge in [0.05, 0.1) is 18.3 Å². The van der Waals surface area contributed by atoms with Crippen LogP contribution in [-0.2, 0) is 15.9 Å². The first-order valence-corrected chi connectivity index (χ1v) is 12.4. The molecule has 4 atom stereocenters. The SMILES string of the molecule is COC1CNCCC1n1cc(-c2ccc3c(c2Oc2ccc(F)cc2)CC[C@H](C)N3C(O)OC)cn1. The third-order valence-electron chi connectivity index (χ3n) is 7.23. The highest BCUT2D eigenvalue weighted by molar-refractivity contribution is 5.78. The second-order valence-electron chi connectivity index (χ2n) is 9.40. The average molecular weight is 497 g/mol. The predicted octanol–water partition coefficient (Wildman–Crippen LogP) is 4.09. The summed E-state index contributed by atoms with van der Waals surface area (Å²) in [4.78, 5) is 1.86. The van der Waals surface area contributed by atoms with Gasteiger partial charge in [0.15, 0.2) is 0 Å². The van der Waals surface area contributed by atoms with Gasteiger partial charge in [0.1, 0.15) is 17.3 Å². The summed E-state index contributed by atoms with van der Waals surface area (Å²) in [6.07, 6.45) is 5.36. The van der Waals surface area contributed by atoms with E-state index in [4.69, 9.17) is 14.2 Å². The largest absolute Gasteiger partial charge is 0.456 e. The van der Waals surface area contributed by atoms with Gasteiger partial charge in [-0.25, -0.2) is 4.39 Å². The van der Waals surface area contributed by atoms with Gasteiger partial charge < -0.3 is 29.5 Å². The summed E-state index contributed by atoms with van der Waals surface area (Å²) in [5.74, 6) is 0.887. The number of aliphatic hydroxyl groups excluding tert-OH is 1. The first kappa shape index (κ1) is 24.7. The van der Waals surface area contributed by atoms with Crippen LogP contribution in [0.15, 0.2) is 48.8 Å². The fourth-order valence-corrected chi connectivity index (χ4v) is 5.26. The van der Waals surface area contributed by atoms with E-state index in [-0.39, 0.29) is 24.0 Å². The smallest absolute Gasteiger partial charge is 0.237 e. The number of nitrogens with one attached hydrogen (secondary N) is 1. The van der Waals surface area contributed by atoms with E-state index >= 15 is 0 Å². The zero-order valence-corrected chi connectivity index (χ0v) is 20.9. The summed E-state index contributed by atoms with van der Waals surface area (Å²) in [7, 11) is 3.22. The minimum absolute atomic E-state index is 0.0375. The lowest BCUT2D eigenvalue weighted by Gasteiger charge is -2.40. The number of hydrogen-bond acceptors (Lipinski definition) is 7. The lowest BCUT2D eigenvalue weighted by Crippen LogP contribution is -2.46. The number of ether oxygens (including phenoxy) is 3. The Morgan fingerprint density at radius 3 is 2.69 bits per heavy atom. The molecule has 0 aliphatic carbocycles. The Bertz CT molecular complexity index is 1190. The summed E-state index contributed by atoms with van der Waals surface area (Å²) in [6.45, 7) is 3.76. The van der Waals surface area contributed by atoms with Crippen molar-refractivity contribution in [2.75, 3.05) is 32.2 Å². The van der Waals surface area contributed by atoms with E-state index in [1.54, 1.807) is 19.2 Å². The van der Waals surface area contributed by atoms with E-state index < -0.39 is 6.41 Å². The molecule has 0 radical (unpaired) electrons. The summed E-state index contributed by atoms with van der Waals surface area (Å²) in [5, 5.41) is 18.6. The molecule has 1 saturated heterocycles. The number of anilines is 1. The quantitative estimate of drug-likeness (QED) is 0.477. The molecular formula is C27H33FN4O4. The third kappa shape index (κ3) is 4.71. The Balaban J connectivity index is 1.58. The van der Waals surface area contributed by atoms with Crippen molar-refractivity contribution in [1.29, 1.82) is 0 Å². The van der Waals surface area contributed by atoms with Gasteiger partial charge >= 0.3 is 0 Å². The van der Waals surface area contributed by atoms with E-state index in [2.05, 4.69) is 17.3 Å². The van der Waals surface area contributed by atoms with Crippen LogP contribution in [0.3, 0.4) is 0 Å². The number of hydrogen-bond donors (Lipinski definition) is 2. The summed E-state index contributed by atoms with van der Waals surface area (Å²) < 4.78 is 32.9. The molecule has 1 fully saturated rings. The van der Waals surface area contributed by atoms with E-state index in [0.717, 1.165) is 54.7 Å². The molecule has 0 bridgehead atoms. The highest BCUT2D eigenvalue weighted by Crippen LogP contribution is 2.45. The molecule has 3 heterocycles. The highest BCUT2D eigenvalue weighted by atomic mass is 19.1. The number of nitrogens with zero attached hydrogens (tertiary/aromatic N) is 3. The number of aliphatic hydroxyl groups is 1. The summed E-state index contributed by atoms with van der Waals surface area (Å²) >= 11 is 0. The van der Waals surface area contributed by atoms with Crippen LogP contribution in [0, 0.1) is 5.82 Å². The third-order valence-corrected chi connectivity index (χ3v) is 7.23. The second-order valence-corrected chi connectivity index (χ2v) is 9.40. The van der Waals surface area contributed by atoms with Crippen molar-refractivity contribution in [3.63, 3.8) is 0 Å². The lowest BCUT2D eigenvalue weighted by molar-refractivity contribution is -0.0795. The fourth-order valence-electron chi connectivity index (χ4n) is 5.26. The van der Waals surface area contributed by atoms with Crippen molar-refractivity contribution >= 4 is 5.69 Å². The van der Waals surface area contributed by atoms with Gasteiger partial charge in [-0.2, -0.15) is 5.10 Å².